The van der Waals surface area contributed by atoms with Gasteiger partial charge in [0.1, 0.15) is 5.69 Å². The fraction of sp³-hybridized carbons (Fsp3) is 0.333. The lowest BCUT2D eigenvalue weighted by molar-refractivity contribution is -0.870. The third-order valence-corrected chi connectivity index (χ3v) is 2.79. The van der Waals surface area contributed by atoms with E-state index >= 15 is 0 Å². The van der Waals surface area contributed by atoms with Gasteiger partial charge in [-0.05, 0) is 6.07 Å². The molecule has 0 bridgehead atoms. The zero-order valence-electron chi connectivity index (χ0n) is 11.7. The molecule has 1 rings (SSSR count). The Morgan fingerprint density at radius 1 is 1.36 bits per heavy atom. The highest BCUT2D eigenvalue weighted by molar-refractivity contribution is 5.94. The number of nitro benzene ring substituents is 2. The molecule has 0 saturated carbocycles. The number of nitrogens with zero attached hydrogens (tertiary/aromatic N) is 3. The van der Waals surface area contributed by atoms with Gasteiger partial charge in [-0.1, -0.05) is 0 Å². The van der Waals surface area contributed by atoms with Gasteiger partial charge in [-0.3, -0.25) is 25.0 Å². The Morgan fingerprint density at radius 2 is 2.05 bits per heavy atom. The van der Waals surface area contributed by atoms with Crippen LogP contribution in [0.5, 0.6) is 0 Å². The lowest BCUT2D eigenvalue weighted by atomic mass is 10.2. The number of carbonyl (C=O) groups excluding carboxylic acids is 1. The number of nitro groups is 2. The predicted molar refractivity (Wildman–Crippen MR) is 75.2 cm³/mol. The van der Waals surface area contributed by atoms with Crippen molar-refractivity contribution < 1.29 is 19.5 Å². The second-order valence-corrected chi connectivity index (χ2v) is 4.56. The van der Waals surface area contributed by atoms with E-state index in [1.807, 2.05) is 6.07 Å². The Kier molecular flexibility index (Phi) is 5.91. The fourth-order valence-corrected chi connectivity index (χ4v) is 1.72. The third-order valence-electron chi connectivity index (χ3n) is 2.79. The summed E-state index contributed by atoms with van der Waals surface area (Å²) in [6.45, 7) is 0.488. The normalized spacial score (nSPS) is 11.3. The van der Waals surface area contributed by atoms with E-state index in [0.717, 1.165) is 23.1 Å². The van der Waals surface area contributed by atoms with Crippen LogP contribution in [-0.2, 0) is 4.79 Å². The van der Waals surface area contributed by atoms with Crippen LogP contribution in [0.25, 0.3) is 0 Å². The number of quaternary nitrogens is 1. The number of hydrogen-bond acceptors (Lipinski definition) is 6. The van der Waals surface area contributed by atoms with E-state index in [2.05, 4.69) is 5.32 Å². The number of non-ortho nitro benzene ring substituents is 1. The van der Waals surface area contributed by atoms with Crippen LogP contribution in [0.4, 0.5) is 17.1 Å². The van der Waals surface area contributed by atoms with Gasteiger partial charge in [-0.25, -0.2) is 0 Å². The molecule has 1 atom stereocenters. The molecule has 0 aliphatic heterocycles. The average Bonchev–Trinajstić information content (AvgIpc) is 2.44. The summed E-state index contributed by atoms with van der Waals surface area (Å²) in [5.74, 6) is -0.479. The summed E-state index contributed by atoms with van der Waals surface area (Å²) >= 11 is 0. The van der Waals surface area contributed by atoms with E-state index in [1.54, 1.807) is 7.05 Å². The molecule has 1 unspecified atom stereocenters. The third kappa shape index (κ3) is 4.80. The van der Waals surface area contributed by atoms with Crippen LogP contribution in [0.1, 0.15) is 6.42 Å². The van der Waals surface area contributed by atoms with E-state index in [0.29, 0.717) is 6.54 Å². The number of rotatable bonds is 7. The second kappa shape index (κ2) is 7.65. The summed E-state index contributed by atoms with van der Waals surface area (Å²) in [4.78, 5) is 32.6. The van der Waals surface area contributed by atoms with E-state index in [-0.39, 0.29) is 18.7 Å². The van der Waals surface area contributed by atoms with Crippen LogP contribution in [0.2, 0.25) is 0 Å². The zero-order valence-corrected chi connectivity index (χ0v) is 11.7. The first-order valence-electron chi connectivity index (χ1n) is 6.26. The number of nitriles is 1. The van der Waals surface area contributed by atoms with E-state index < -0.39 is 27.1 Å². The van der Waals surface area contributed by atoms with Gasteiger partial charge in [0.15, 0.2) is 6.54 Å². The highest BCUT2D eigenvalue weighted by atomic mass is 16.6. The van der Waals surface area contributed by atoms with Crippen molar-refractivity contribution in [3.63, 3.8) is 0 Å². The lowest BCUT2D eigenvalue weighted by Crippen LogP contribution is -3.10. The van der Waals surface area contributed by atoms with Gasteiger partial charge in [-0.2, -0.15) is 5.26 Å². The van der Waals surface area contributed by atoms with Crippen molar-refractivity contribution in [1.82, 2.24) is 0 Å². The molecule has 10 nitrogen and oxygen atoms in total. The molecule has 0 fully saturated rings. The Labute approximate surface area is 125 Å². The molecule has 0 aliphatic carbocycles. The van der Waals surface area contributed by atoms with Crippen LogP contribution in [0.15, 0.2) is 18.2 Å². The molecule has 0 heterocycles. The topological polar surface area (TPSA) is 144 Å². The van der Waals surface area contributed by atoms with Crippen molar-refractivity contribution in [2.75, 3.05) is 25.5 Å². The average molecular weight is 308 g/mol. The van der Waals surface area contributed by atoms with Gasteiger partial charge in [0, 0.05) is 6.07 Å². The van der Waals surface area contributed by atoms with Gasteiger partial charge in [-0.15, -0.1) is 0 Å². The standard InChI is InChI=1S/C12H13N5O5/c1-15(6-2-5-13)8-12(18)14-10-4-3-9(16(19)20)7-11(10)17(21)22/h3-4,7H,2,6,8H2,1H3,(H,14,18)/p+1. The highest BCUT2D eigenvalue weighted by Crippen LogP contribution is 2.28. The molecule has 2 N–H and O–H groups in total. The molecule has 0 saturated heterocycles. The number of carbonyl (C=O) groups is 1. The molecule has 10 heteroatoms. The Morgan fingerprint density at radius 3 is 2.59 bits per heavy atom. The molecule has 0 aromatic heterocycles. The maximum Gasteiger partial charge on any atom is 0.299 e. The van der Waals surface area contributed by atoms with Crippen molar-refractivity contribution >= 4 is 23.0 Å². The Hall–Kier alpha value is -3.06. The molecule has 0 radical (unpaired) electrons. The minimum atomic E-state index is -0.797. The minimum absolute atomic E-state index is 0.0236. The first kappa shape index (κ1) is 17.0. The molecule has 116 valence electrons. The highest BCUT2D eigenvalue weighted by Gasteiger charge is 2.21. The summed E-state index contributed by atoms with van der Waals surface area (Å²) in [5, 5.41) is 32.4. The molecular formula is C12H14N5O5+. The van der Waals surface area contributed by atoms with E-state index in [1.165, 1.54) is 0 Å². The molecule has 0 aliphatic rings. The fourth-order valence-electron chi connectivity index (χ4n) is 1.72. The SMILES string of the molecule is C[NH+](CCC#N)CC(=O)Nc1ccc([N+](=O)[O-])cc1[N+](=O)[O-]. The Balaban J connectivity index is 2.84. The van der Waals surface area contributed by atoms with Gasteiger partial charge in [0.2, 0.25) is 0 Å². The van der Waals surface area contributed by atoms with Gasteiger partial charge in [0.05, 0.1) is 42.0 Å². The maximum atomic E-state index is 11.8. The summed E-state index contributed by atoms with van der Waals surface area (Å²) < 4.78 is 0. The van der Waals surface area contributed by atoms with Crippen LogP contribution in [0.3, 0.4) is 0 Å². The van der Waals surface area contributed by atoms with Crippen LogP contribution >= 0.6 is 0 Å². The summed E-state index contributed by atoms with van der Waals surface area (Å²) in [7, 11) is 1.71. The zero-order chi connectivity index (χ0) is 16.7. The van der Waals surface area contributed by atoms with Gasteiger partial charge < -0.3 is 10.2 Å². The van der Waals surface area contributed by atoms with Crippen molar-refractivity contribution in [2.24, 2.45) is 0 Å². The number of hydrogen-bond donors (Lipinski definition) is 2. The molecule has 1 aromatic carbocycles. The van der Waals surface area contributed by atoms with Crippen molar-refractivity contribution in [3.05, 3.63) is 38.4 Å². The summed E-state index contributed by atoms with van der Waals surface area (Å²) in [6.07, 6.45) is 0.288. The minimum Gasteiger partial charge on any atom is -0.329 e. The van der Waals surface area contributed by atoms with Crippen molar-refractivity contribution in [3.8, 4) is 6.07 Å². The molecule has 1 aromatic rings. The number of anilines is 1. The first-order chi connectivity index (χ1) is 10.3. The smallest absolute Gasteiger partial charge is 0.299 e. The second-order valence-electron chi connectivity index (χ2n) is 4.56. The number of benzene rings is 1. The van der Waals surface area contributed by atoms with Crippen LogP contribution in [0, 0.1) is 31.6 Å². The summed E-state index contributed by atoms with van der Waals surface area (Å²) in [5.41, 5.74) is -1.08. The largest absolute Gasteiger partial charge is 0.329 e. The molecule has 1 amide bonds. The molecule has 0 spiro atoms. The first-order valence-corrected chi connectivity index (χ1v) is 6.26. The van der Waals surface area contributed by atoms with E-state index in [9.17, 15) is 25.0 Å². The number of amides is 1. The lowest BCUT2D eigenvalue weighted by Gasteiger charge is -2.12. The Bertz CT molecular complexity index is 639. The van der Waals surface area contributed by atoms with Crippen molar-refractivity contribution in [1.29, 1.82) is 5.26 Å². The summed E-state index contributed by atoms with van der Waals surface area (Å²) in [6, 6.07) is 4.95. The number of likely N-dealkylation sites (N-methyl/N-ethyl adjacent to an activating group) is 1. The number of nitrogens with one attached hydrogen (secondary N) is 2. The monoisotopic (exact) mass is 308 g/mol. The van der Waals surface area contributed by atoms with E-state index in [4.69, 9.17) is 5.26 Å². The predicted octanol–water partition coefficient (Wildman–Crippen LogP) is -0.130. The van der Waals surface area contributed by atoms with Crippen molar-refractivity contribution in [2.45, 2.75) is 6.42 Å². The van der Waals surface area contributed by atoms with Gasteiger partial charge >= 0.3 is 0 Å². The quantitative estimate of drug-likeness (QED) is 0.530. The van der Waals surface area contributed by atoms with Crippen LogP contribution < -0.4 is 10.2 Å². The van der Waals surface area contributed by atoms with Crippen LogP contribution in [-0.4, -0.2) is 35.9 Å². The molecular weight excluding hydrogens is 294 g/mol. The maximum absolute atomic E-state index is 11.8. The molecule has 22 heavy (non-hydrogen) atoms. The van der Waals surface area contributed by atoms with Gasteiger partial charge in [0.25, 0.3) is 17.3 Å².